The van der Waals surface area contributed by atoms with Crippen LogP contribution in [-0.2, 0) is 11.2 Å². The molecule has 1 atom stereocenters. The normalized spacial score (nSPS) is 19.6. The predicted molar refractivity (Wildman–Crippen MR) is 95.8 cm³/mol. The Hall–Kier alpha value is -2.89. The molecular formula is C19H19N5O. The lowest BCUT2D eigenvalue weighted by atomic mass is 10.1. The molecule has 6 heteroatoms. The maximum atomic E-state index is 13.1. The summed E-state index contributed by atoms with van der Waals surface area (Å²) in [5.41, 5.74) is 3.35. The van der Waals surface area contributed by atoms with E-state index in [1.807, 2.05) is 33.8 Å². The fourth-order valence-corrected chi connectivity index (χ4v) is 4.03. The third kappa shape index (κ3) is 2.28. The summed E-state index contributed by atoms with van der Waals surface area (Å²) in [4.78, 5) is 21.8. The molecule has 1 aromatic carbocycles. The first-order chi connectivity index (χ1) is 12.3. The summed E-state index contributed by atoms with van der Waals surface area (Å²) in [6, 6.07) is 10.2. The second kappa shape index (κ2) is 5.58. The lowest BCUT2D eigenvalue weighted by molar-refractivity contribution is -0.121. The Kier molecular flexibility index (Phi) is 3.23. The van der Waals surface area contributed by atoms with Gasteiger partial charge >= 0.3 is 0 Å². The number of rotatable bonds is 2. The van der Waals surface area contributed by atoms with E-state index in [0.29, 0.717) is 0 Å². The molecule has 0 saturated carbocycles. The van der Waals surface area contributed by atoms with Gasteiger partial charge in [-0.3, -0.25) is 4.79 Å². The van der Waals surface area contributed by atoms with Crippen molar-refractivity contribution in [1.82, 2.24) is 14.6 Å². The molecule has 1 unspecified atom stereocenters. The van der Waals surface area contributed by atoms with E-state index in [1.165, 1.54) is 5.56 Å². The molecular weight excluding hydrogens is 314 g/mol. The van der Waals surface area contributed by atoms with Crippen molar-refractivity contribution in [3.05, 3.63) is 54.5 Å². The summed E-state index contributed by atoms with van der Waals surface area (Å²) in [6.07, 6.45) is 7.21. The quantitative estimate of drug-likeness (QED) is 0.721. The van der Waals surface area contributed by atoms with Gasteiger partial charge in [0.25, 0.3) is 0 Å². The van der Waals surface area contributed by atoms with Crippen molar-refractivity contribution in [3.8, 4) is 0 Å². The van der Waals surface area contributed by atoms with Crippen LogP contribution in [0.4, 0.5) is 11.5 Å². The number of anilines is 2. The molecule has 0 N–H and O–H groups in total. The van der Waals surface area contributed by atoms with Crippen molar-refractivity contribution in [2.24, 2.45) is 5.92 Å². The van der Waals surface area contributed by atoms with Gasteiger partial charge in [-0.05, 0) is 30.5 Å². The summed E-state index contributed by atoms with van der Waals surface area (Å²) >= 11 is 0. The zero-order valence-electron chi connectivity index (χ0n) is 13.9. The molecule has 2 aromatic heterocycles. The number of fused-ring (bicyclic) bond motifs is 2. The van der Waals surface area contributed by atoms with Crippen LogP contribution in [-0.4, -0.2) is 40.1 Å². The third-order valence-corrected chi connectivity index (χ3v) is 5.29. The Labute approximate surface area is 145 Å². The first kappa shape index (κ1) is 14.5. The van der Waals surface area contributed by atoms with Crippen LogP contribution >= 0.6 is 0 Å². The lowest BCUT2D eigenvalue weighted by Crippen LogP contribution is -2.36. The highest BCUT2D eigenvalue weighted by Gasteiger charge is 2.35. The summed E-state index contributed by atoms with van der Waals surface area (Å²) in [6.45, 7) is 2.37. The number of hydrogen-bond acceptors (Lipinski definition) is 4. The molecule has 3 aromatic rings. The molecule has 0 spiro atoms. The van der Waals surface area contributed by atoms with E-state index in [4.69, 9.17) is 0 Å². The van der Waals surface area contributed by atoms with Crippen molar-refractivity contribution < 1.29 is 4.79 Å². The molecule has 1 saturated heterocycles. The van der Waals surface area contributed by atoms with Crippen LogP contribution in [0, 0.1) is 5.92 Å². The topological polar surface area (TPSA) is 53.7 Å². The molecule has 0 radical (unpaired) electrons. The van der Waals surface area contributed by atoms with E-state index in [9.17, 15) is 4.79 Å². The van der Waals surface area contributed by atoms with Gasteiger partial charge in [0.15, 0.2) is 5.82 Å². The smallest absolute Gasteiger partial charge is 0.231 e. The Morgan fingerprint density at radius 2 is 2.04 bits per heavy atom. The Morgan fingerprint density at radius 3 is 3.00 bits per heavy atom. The van der Waals surface area contributed by atoms with E-state index >= 15 is 0 Å². The first-order valence-corrected chi connectivity index (χ1v) is 8.74. The zero-order chi connectivity index (χ0) is 16.8. The number of carbonyl (C=O) groups excluding carboxylic acids is 1. The minimum Gasteiger partial charge on any atom is -0.354 e. The largest absolute Gasteiger partial charge is 0.354 e. The third-order valence-electron chi connectivity index (χ3n) is 5.29. The highest BCUT2D eigenvalue weighted by Crippen LogP contribution is 2.32. The number of benzene rings is 1. The molecule has 5 rings (SSSR count). The SMILES string of the molecule is O=C(C1CCN(c2nccn3nccc23)C1)N1CCc2ccccc21. The minimum absolute atomic E-state index is 0.0242. The maximum Gasteiger partial charge on any atom is 0.231 e. The number of carbonyl (C=O) groups is 1. The Balaban J connectivity index is 1.38. The molecule has 126 valence electrons. The fourth-order valence-electron chi connectivity index (χ4n) is 4.03. The van der Waals surface area contributed by atoms with E-state index in [2.05, 4.69) is 27.1 Å². The van der Waals surface area contributed by atoms with Crippen LogP contribution in [0.2, 0.25) is 0 Å². The summed E-state index contributed by atoms with van der Waals surface area (Å²) in [5.74, 6) is 1.18. The molecule has 0 aliphatic carbocycles. The van der Waals surface area contributed by atoms with E-state index in [0.717, 1.165) is 49.5 Å². The van der Waals surface area contributed by atoms with E-state index in [1.54, 1.807) is 12.4 Å². The van der Waals surface area contributed by atoms with Crippen molar-refractivity contribution in [1.29, 1.82) is 0 Å². The van der Waals surface area contributed by atoms with Crippen molar-refractivity contribution >= 4 is 22.9 Å². The van der Waals surface area contributed by atoms with Gasteiger partial charge < -0.3 is 9.80 Å². The van der Waals surface area contributed by atoms with Crippen LogP contribution in [0.15, 0.2) is 48.9 Å². The van der Waals surface area contributed by atoms with Crippen LogP contribution in [0.1, 0.15) is 12.0 Å². The molecule has 1 amide bonds. The van der Waals surface area contributed by atoms with Gasteiger partial charge in [0.05, 0.1) is 12.1 Å². The van der Waals surface area contributed by atoms with Crippen LogP contribution in [0.3, 0.4) is 0 Å². The van der Waals surface area contributed by atoms with Crippen molar-refractivity contribution in [2.75, 3.05) is 29.4 Å². The number of hydrogen-bond donors (Lipinski definition) is 0. The molecule has 6 nitrogen and oxygen atoms in total. The average molecular weight is 333 g/mol. The predicted octanol–water partition coefficient (Wildman–Crippen LogP) is 2.14. The second-order valence-electron chi connectivity index (χ2n) is 6.71. The monoisotopic (exact) mass is 333 g/mol. The first-order valence-electron chi connectivity index (χ1n) is 8.74. The van der Waals surface area contributed by atoms with Crippen LogP contribution in [0.25, 0.3) is 5.52 Å². The van der Waals surface area contributed by atoms with E-state index in [-0.39, 0.29) is 11.8 Å². The number of amides is 1. The van der Waals surface area contributed by atoms with Gasteiger partial charge in [0, 0.05) is 37.7 Å². The minimum atomic E-state index is 0.0242. The molecule has 25 heavy (non-hydrogen) atoms. The van der Waals surface area contributed by atoms with Crippen LogP contribution < -0.4 is 9.80 Å². The van der Waals surface area contributed by atoms with Gasteiger partial charge in [0.2, 0.25) is 5.91 Å². The zero-order valence-corrected chi connectivity index (χ0v) is 13.9. The highest BCUT2D eigenvalue weighted by molar-refractivity contribution is 5.97. The van der Waals surface area contributed by atoms with Gasteiger partial charge in [-0.1, -0.05) is 18.2 Å². The van der Waals surface area contributed by atoms with Crippen LogP contribution in [0.5, 0.6) is 0 Å². The molecule has 0 bridgehead atoms. The Morgan fingerprint density at radius 1 is 1.12 bits per heavy atom. The van der Waals surface area contributed by atoms with Gasteiger partial charge in [-0.2, -0.15) is 5.10 Å². The molecule has 2 aliphatic heterocycles. The van der Waals surface area contributed by atoms with Crippen molar-refractivity contribution in [2.45, 2.75) is 12.8 Å². The highest BCUT2D eigenvalue weighted by atomic mass is 16.2. The van der Waals surface area contributed by atoms with Crippen molar-refractivity contribution in [3.63, 3.8) is 0 Å². The lowest BCUT2D eigenvalue weighted by Gasteiger charge is -2.22. The summed E-state index contributed by atoms with van der Waals surface area (Å²) in [5, 5.41) is 4.27. The number of nitrogens with zero attached hydrogens (tertiary/aromatic N) is 5. The average Bonchev–Trinajstić information content (AvgIpc) is 3.38. The van der Waals surface area contributed by atoms with Gasteiger partial charge in [-0.15, -0.1) is 0 Å². The second-order valence-corrected chi connectivity index (χ2v) is 6.71. The molecule has 4 heterocycles. The van der Waals surface area contributed by atoms with E-state index < -0.39 is 0 Å². The maximum absolute atomic E-state index is 13.1. The standard InChI is InChI=1S/C19H19N5O/c25-19(23-11-7-14-3-1-2-4-16(14)23)15-6-10-22(13-15)18-17-5-8-21-24(17)12-9-20-18/h1-5,8-9,12,15H,6-7,10-11,13H2. The Bertz CT molecular complexity index is 950. The summed E-state index contributed by atoms with van der Waals surface area (Å²) < 4.78 is 1.83. The summed E-state index contributed by atoms with van der Waals surface area (Å²) in [7, 11) is 0. The number of aromatic nitrogens is 3. The number of para-hydroxylation sites is 1. The fraction of sp³-hybridized carbons (Fsp3) is 0.316. The van der Waals surface area contributed by atoms with Gasteiger partial charge in [-0.25, -0.2) is 9.50 Å². The van der Waals surface area contributed by atoms with Gasteiger partial charge in [0.1, 0.15) is 5.52 Å². The molecule has 2 aliphatic rings. The molecule has 1 fully saturated rings.